The smallest absolute Gasteiger partial charge is 0.242 e. The first-order chi connectivity index (χ1) is 23.2. The van der Waals surface area contributed by atoms with Crippen LogP contribution in [0.2, 0.25) is 0 Å². The standard InChI is InChI=1S/C37H50N8O3/c1-21(2)30(44-48-5)20-26(8-6-16-38)35-40-29-15-12-25-18-23(10-13-27(25)34(29)42-35)24-11-14-28-31(19-24)41-36(39-28)32-9-7-17-45(32)37(46)33(43-47)22(3)4/h10-15,18-19,21-22,26,30,32-33,43-44,47H,6-9,16-17,20,38H2,1-5H3,(H,39,41)(H,40,42)/t26?,30-,32+,33+/m1/s1. The zero-order valence-electron chi connectivity index (χ0n) is 28.7. The third-order valence-corrected chi connectivity index (χ3v) is 10.00. The lowest BCUT2D eigenvalue weighted by Crippen LogP contribution is -2.48. The number of imidazole rings is 2. The molecule has 1 unspecified atom stereocenters. The van der Waals surface area contributed by atoms with Gasteiger partial charge in [-0.3, -0.25) is 4.79 Å². The molecule has 6 rings (SSSR count). The zero-order chi connectivity index (χ0) is 33.9. The van der Waals surface area contributed by atoms with Crippen molar-refractivity contribution in [2.24, 2.45) is 17.6 Å². The summed E-state index contributed by atoms with van der Waals surface area (Å²) in [6.07, 6.45) is 4.52. The van der Waals surface area contributed by atoms with Crippen LogP contribution in [0.15, 0.2) is 48.5 Å². The second-order valence-electron chi connectivity index (χ2n) is 14.0. The highest BCUT2D eigenvalue weighted by Gasteiger charge is 2.36. The molecule has 3 heterocycles. The lowest BCUT2D eigenvalue weighted by Gasteiger charge is -2.28. The molecule has 1 saturated heterocycles. The van der Waals surface area contributed by atoms with Gasteiger partial charge in [0.1, 0.15) is 17.7 Å². The average Bonchev–Trinajstić information content (AvgIpc) is 3.83. The van der Waals surface area contributed by atoms with Crippen LogP contribution < -0.4 is 16.7 Å². The number of aromatic nitrogens is 4. The molecule has 0 aliphatic carbocycles. The third kappa shape index (κ3) is 6.83. The predicted molar refractivity (Wildman–Crippen MR) is 190 cm³/mol. The Bertz CT molecular complexity index is 1860. The number of carbonyl (C=O) groups excluding carboxylic acids is 1. The van der Waals surface area contributed by atoms with Gasteiger partial charge in [0.25, 0.3) is 0 Å². The Labute approximate surface area is 281 Å². The average molecular weight is 655 g/mol. The number of hydroxylamine groups is 2. The van der Waals surface area contributed by atoms with Crippen molar-refractivity contribution in [1.82, 2.24) is 35.8 Å². The van der Waals surface area contributed by atoms with Crippen LogP contribution in [-0.4, -0.2) is 68.2 Å². The minimum atomic E-state index is -0.642. The number of aromatic amines is 2. The summed E-state index contributed by atoms with van der Waals surface area (Å²) in [4.78, 5) is 37.6. The number of H-pyrrole nitrogens is 2. The van der Waals surface area contributed by atoms with E-state index in [1.54, 1.807) is 7.11 Å². The van der Waals surface area contributed by atoms with Gasteiger partial charge in [-0.2, -0.15) is 11.0 Å². The van der Waals surface area contributed by atoms with Crippen molar-refractivity contribution in [3.63, 3.8) is 0 Å². The normalized spacial score (nSPS) is 17.4. The van der Waals surface area contributed by atoms with Gasteiger partial charge in [-0.05, 0) is 91.3 Å². The molecular formula is C37H50N8O3. The fraction of sp³-hybridized carbons (Fsp3) is 0.486. The summed E-state index contributed by atoms with van der Waals surface area (Å²) in [6.45, 7) is 9.55. The first kappa shape index (κ1) is 34.0. The number of nitrogens with one attached hydrogen (secondary N) is 4. The molecule has 2 aromatic heterocycles. The van der Waals surface area contributed by atoms with E-state index in [-0.39, 0.29) is 29.8 Å². The molecule has 5 aromatic rings. The zero-order valence-corrected chi connectivity index (χ0v) is 28.7. The van der Waals surface area contributed by atoms with E-state index >= 15 is 0 Å². The topological polar surface area (TPSA) is 157 Å². The van der Waals surface area contributed by atoms with Gasteiger partial charge >= 0.3 is 0 Å². The number of nitrogens with two attached hydrogens (primary N) is 1. The van der Waals surface area contributed by atoms with Crippen molar-refractivity contribution >= 4 is 38.7 Å². The molecule has 0 saturated carbocycles. The number of rotatable bonds is 14. The van der Waals surface area contributed by atoms with E-state index in [2.05, 4.69) is 77.2 Å². The number of nitrogens with zero attached hydrogens (tertiary/aromatic N) is 3. The van der Waals surface area contributed by atoms with Crippen LogP contribution >= 0.6 is 0 Å². The lowest BCUT2D eigenvalue weighted by atomic mass is 9.89. The van der Waals surface area contributed by atoms with Gasteiger partial charge in [-0.25, -0.2) is 9.97 Å². The number of likely N-dealkylation sites (tertiary alicyclic amines) is 1. The minimum absolute atomic E-state index is 0.0329. The summed E-state index contributed by atoms with van der Waals surface area (Å²) in [6, 6.07) is 16.5. The Morgan fingerprint density at radius 3 is 2.56 bits per heavy atom. The van der Waals surface area contributed by atoms with Crippen molar-refractivity contribution in [3.8, 4) is 11.1 Å². The largest absolute Gasteiger partial charge is 0.342 e. The molecule has 11 nitrogen and oxygen atoms in total. The van der Waals surface area contributed by atoms with E-state index in [9.17, 15) is 10.0 Å². The van der Waals surface area contributed by atoms with Crippen molar-refractivity contribution < 1.29 is 14.8 Å². The van der Waals surface area contributed by atoms with Gasteiger partial charge in [0.2, 0.25) is 5.91 Å². The monoisotopic (exact) mass is 654 g/mol. The summed E-state index contributed by atoms with van der Waals surface area (Å²) >= 11 is 0. The van der Waals surface area contributed by atoms with Gasteiger partial charge < -0.3 is 30.6 Å². The second-order valence-corrected chi connectivity index (χ2v) is 14.0. The first-order valence-corrected chi connectivity index (χ1v) is 17.3. The maximum Gasteiger partial charge on any atom is 0.242 e. The highest BCUT2D eigenvalue weighted by Crippen LogP contribution is 2.35. The van der Waals surface area contributed by atoms with Gasteiger partial charge in [0.15, 0.2) is 0 Å². The van der Waals surface area contributed by atoms with E-state index in [0.29, 0.717) is 19.0 Å². The summed E-state index contributed by atoms with van der Waals surface area (Å²) in [5.74, 6) is 2.29. The Kier molecular flexibility index (Phi) is 10.4. The Balaban J connectivity index is 1.27. The Morgan fingerprint density at radius 2 is 1.83 bits per heavy atom. The molecule has 48 heavy (non-hydrogen) atoms. The summed E-state index contributed by atoms with van der Waals surface area (Å²) < 4.78 is 0. The fourth-order valence-corrected chi connectivity index (χ4v) is 7.19. The third-order valence-electron chi connectivity index (χ3n) is 10.00. The molecule has 1 aliphatic rings. The van der Waals surface area contributed by atoms with Crippen LogP contribution in [0, 0.1) is 11.8 Å². The molecular weight excluding hydrogens is 604 g/mol. The van der Waals surface area contributed by atoms with Crippen molar-refractivity contribution in [1.29, 1.82) is 0 Å². The van der Waals surface area contributed by atoms with Gasteiger partial charge in [-0.1, -0.05) is 52.0 Å². The van der Waals surface area contributed by atoms with Crippen molar-refractivity contribution in [2.45, 2.75) is 83.8 Å². The predicted octanol–water partition coefficient (Wildman–Crippen LogP) is 6.31. The molecule has 4 atom stereocenters. The second kappa shape index (κ2) is 14.7. The van der Waals surface area contributed by atoms with Crippen LogP contribution in [0.1, 0.15) is 83.4 Å². The SMILES string of the molecule is CON[C@H](CC(CCCN)c1nc2c(ccc3cc(-c4ccc5nc([C@@H]6CCCN6C(=O)[C@@H](NO)C(C)C)[nH]c5c4)ccc32)[nH]1)C(C)C. The molecule has 1 fully saturated rings. The van der Waals surface area contributed by atoms with Gasteiger partial charge in [-0.15, -0.1) is 0 Å². The number of benzene rings is 3. The van der Waals surface area contributed by atoms with Crippen LogP contribution in [0.3, 0.4) is 0 Å². The van der Waals surface area contributed by atoms with Crippen LogP contribution in [0.25, 0.3) is 44.0 Å². The van der Waals surface area contributed by atoms with E-state index in [1.807, 2.05) is 24.8 Å². The highest BCUT2D eigenvalue weighted by atomic mass is 16.6. The summed E-state index contributed by atoms with van der Waals surface area (Å²) in [5.41, 5.74) is 17.3. The van der Waals surface area contributed by atoms with Crippen molar-refractivity contribution in [3.05, 3.63) is 60.2 Å². The van der Waals surface area contributed by atoms with Crippen LogP contribution in [0.4, 0.5) is 0 Å². The molecule has 256 valence electrons. The fourth-order valence-electron chi connectivity index (χ4n) is 7.19. The molecule has 1 amide bonds. The van der Waals surface area contributed by atoms with Gasteiger partial charge in [0, 0.05) is 23.9 Å². The number of fused-ring (bicyclic) bond motifs is 4. The Hall–Kier alpha value is -3.87. The maximum absolute atomic E-state index is 13.3. The molecule has 3 aromatic carbocycles. The summed E-state index contributed by atoms with van der Waals surface area (Å²) in [7, 11) is 1.67. The van der Waals surface area contributed by atoms with Crippen LogP contribution in [0.5, 0.6) is 0 Å². The van der Waals surface area contributed by atoms with E-state index in [0.717, 1.165) is 87.7 Å². The molecule has 1 aliphatic heterocycles. The molecule has 0 spiro atoms. The molecule has 7 N–H and O–H groups in total. The highest BCUT2D eigenvalue weighted by molar-refractivity contribution is 6.05. The lowest BCUT2D eigenvalue weighted by molar-refractivity contribution is -0.138. The van der Waals surface area contributed by atoms with Crippen molar-refractivity contribution in [2.75, 3.05) is 20.2 Å². The minimum Gasteiger partial charge on any atom is -0.342 e. The molecule has 0 radical (unpaired) electrons. The van der Waals surface area contributed by atoms with E-state index in [4.69, 9.17) is 20.5 Å². The van der Waals surface area contributed by atoms with Gasteiger partial charge in [0.05, 0.1) is 35.2 Å². The molecule has 11 heteroatoms. The number of amides is 1. The molecule has 0 bridgehead atoms. The van der Waals surface area contributed by atoms with E-state index < -0.39 is 6.04 Å². The number of carbonyl (C=O) groups is 1. The first-order valence-electron chi connectivity index (χ1n) is 17.3. The Morgan fingerprint density at radius 1 is 1.04 bits per heavy atom. The van der Waals surface area contributed by atoms with E-state index in [1.165, 1.54) is 0 Å². The summed E-state index contributed by atoms with van der Waals surface area (Å²) in [5, 5.41) is 11.9. The quantitative estimate of drug-likeness (QED) is 0.0760. The maximum atomic E-state index is 13.3. The number of hydrogen-bond acceptors (Lipinski definition) is 8. The number of hydrogen-bond donors (Lipinski definition) is 6. The van der Waals surface area contributed by atoms with Crippen LogP contribution in [-0.2, 0) is 9.63 Å².